The maximum absolute atomic E-state index is 3.74. The molecule has 11 rings (SSSR count). The Hall–Kier alpha value is -5.48. The standard InChI is InChI=1S/C44H31N3/c1-3-13-34-30(10-1)31-25-24-29(27-20-22-28(23-21-27)43-45-38-16-5-6-17-39(38)46-43)26-37(31)44(34)35-14-4-8-19-41(35)47-40-18-7-2-11-32(40)33-12-9-15-36(44)42(33)47/h1-26,38-39,43,45-46H. The molecule has 2 N–H and O–H groups in total. The Morgan fingerprint density at radius 3 is 2.02 bits per heavy atom. The van der Waals surface area contributed by atoms with Gasteiger partial charge in [-0.05, 0) is 68.3 Å². The Labute approximate surface area is 273 Å². The van der Waals surface area contributed by atoms with Crippen molar-refractivity contribution >= 4 is 21.8 Å². The van der Waals surface area contributed by atoms with Gasteiger partial charge in [-0.2, -0.15) is 0 Å². The van der Waals surface area contributed by atoms with Crippen molar-refractivity contribution in [2.24, 2.45) is 0 Å². The van der Waals surface area contributed by atoms with Crippen LogP contribution in [-0.2, 0) is 5.41 Å². The van der Waals surface area contributed by atoms with Gasteiger partial charge in [0.05, 0.1) is 28.3 Å². The number of nitrogens with zero attached hydrogens (tertiary/aromatic N) is 1. The van der Waals surface area contributed by atoms with Crippen molar-refractivity contribution in [3.8, 4) is 27.9 Å². The molecule has 2 aliphatic carbocycles. The van der Waals surface area contributed by atoms with E-state index >= 15 is 0 Å². The van der Waals surface area contributed by atoms with Gasteiger partial charge in [0.25, 0.3) is 0 Å². The zero-order valence-electron chi connectivity index (χ0n) is 25.7. The van der Waals surface area contributed by atoms with E-state index < -0.39 is 5.41 Å². The summed E-state index contributed by atoms with van der Waals surface area (Å²) in [4.78, 5) is 0. The summed E-state index contributed by atoms with van der Waals surface area (Å²) in [5.41, 5.74) is 15.2. The Morgan fingerprint density at radius 2 is 1.17 bits per heavy atom. The summed E-state index contributed by atoms with van der Waals surface area (Å²) in [6, 6.07) is 50.9. The van der Waals surface area contributed by atoms with E-state index in [-0.39, 0.29) is 6.17 Å². The molecule has 3 heterocycles. The number of allylic oxidation sites excluding steroid dienone is 2. The molecule has 1 saturated heterocycles. The molecule has 0 saturated carbocycles. The van der Waals surface area contributed by atoms with Gasteiger partial charge >= 0.3 is 0 Å². The first kappa shape index (κ1) is 25.7. The van der Waals surface area contributed by atoms with Crippen LogP contribution in [0.3, 0.4) is 0 Å². The normalized spacial score (nSPS) is 22.9. The van der Waals surface area contributed by atoms with Crippen molar-refractivity contribution in [2.75, 3.05) is 0 Å². The van der Waals surface area contributed by atoms with E-state index in [1.54, 1.807) is 0 Å². The highest BCUT2D eigenvalue weighted by atomic mass is 15.2. The molecule has 1 spiro atoms. The van der Waals surface area contributed by atoms with Crippen LogP contribution in [-0.4, -0.2) is 16.7 Å². The molecule has 2 aliphatic heterocycles. The smallest absolute Gasteiger partial charge is 0.0845 e. The predicted molar refractivity (Wildman–Crippen MR) is 192 cm³/mol. The molecular formula is C44H31N3. The Bertz CT molecular complexity index is 2480. The lowest BCUT2D eigenvalue weighted by molar-refractivity contribution is 0.568. The topological polar surface area (TPSA) is 29.0 Å². The highest BCUT2D eigenvalue weighted by molar-refractivity contribution is 6.12. The van der Waals surface area contributed by atoms with Gasteiger partial charge in [-0.25, -0.2) is 0 Å². The molecule has 7 aromatic rings. The lowest BCUT2D eigenvalue weighted by Gasteiger charge is -2.39. The summed E-state index contributed by atoms with van der Waals surface area (Å²) in [5, 5.41) is 10.1. The second-order valence-electron chi connectivity index (χ2n) is 13.3. The van der Waals surface area contributed by atoms with Crippen molar-refractivity contribution in [3.63, 3.8) is 0 Å². The van der Waals surface area contributed by atoms with Crippen molar-refractivity contribution in [1.29, 1.82) is 0 Å². The maximum Gasteiger partial charge on any atom is 0.0845 e. The second kappa shape index (κ2) is 9.29. The molecule has 47 heavy (non-hydrogen) atoms. The van der Waals surface area contributed by atoms with E-state index in [1.165, 1.54) is 77.6 Å². The van der Waals surface area contributed by atoms with Crippen molar-refractivity contribution in [3.05, 3.63) is 186 Å². The number of rotatable bonds is 2. The molecule has 3 atom stereocenters. The second-order valence-corrected chi connectivity index (χ2v) is 13.3. The van der Waals surface area contributed by atoms with Gasteiger partial charge in [0.1, 0.15) is 0 Å². The largest absolute Gasteiger partial charge is 0.309 e. The fourth-order valence-electron chi connectivity index (χ4n) is 9.16. The van der Waals surface area contributed by atoms with Gasteiger partial charge in [0.2, 0.25) is 0 Å². The molecule has 4 aliphatic rings. The zero-order chi connectivity index (χ0) is 30.7. The Morgan fingerprint density at radius 1 is 0.511 bits per heavy atom. The molecule has 3 unspecified atom stereocenters. The molecule has 3 heteroatoms. The van der Waals surface area contributed by atoms with Gasteiger partial charge in [0.15, 0.2) is 0 Å². The zero-order valence-corrected chi connectivity index (χ0v) is 25.7. The van der Waals surface area contributed by atoms with Crippen molar-refractivity contribution in [1.82, 2.24) is 15.2 Å². The van der Waals surface area contributed by atoms with Crippen molar-refractivity contribution in [2.45, 2.75) is 23.7 Å². The highest BCUT2D eigenvalue weighted by Crippen LogP contribution is 2.61. The van der Waals surface area contributed by atoms with E-state index in [0.717, 1.165) is 0 Å². The average Bonchev–Trinajstić information content (AvgIpc) is 3.81. The van der Waals surface area contributed by atoms with Crippen molar-refractivity contribution < 1.29 is 0 Å². The first-order valence-electron chi connectivity index (χ1n) is 16.6. The summed E-state index contributed by atoms with van der Waals surface area (Å²) in [6.07, 6.45) is 8.88. The molecule has 0 amide bonds. The first-order valence-corrected chi connectivity index (χ1v) is 16.6. The minimum absolute atomic E-state index is 0.134. The fourth-order valence-corrected chi connectivity index (χ4v) is 9.16. The fraction of sp³-hybridized carbons (Fsp3) is 0.0909. The minimum Gasteiger partial charge on any atom is -0.309 e. The maximum atomic E-state index is 3.74. The number of benzene rings is 6. The van der Waals surface area contributed by atoms with Crippen LogP contribution in [0.4, 0.5) is 0 Å². The number of aromatic nitrogens is 1. The number of hydrogen-bond donors (Lipinski definition) is 2. The van der Waals surface area contributed by atoms with Crippen LogP contribution in [0.15, 0.2) is 158 Å². The average molecular weight is 602 g/mol. The summed E-state index contributed by atoms with van der Waals surface area (Å²) in [5.74, 6) is 0. The van der Waals surface area contributed by atoms with Crippen LogP contribution in [0.1, 0.15) is 34.0 Å². The third kappa shape index (κ3) is 3.27. The van der Waals surface area contributed by atoms with Gasteiger partial charge in [-0.1, -0.05) is 140 Å². The molecular weight excluding hydrogens is 571 g/mol. The number of hydrogen-bond acceptors (Lipinski definition) is 2. The van der Waals surface area contributed by atoms with Gasteiger partial charge in [-0.3, -0.25) is 10.6 Å². The number of para-hydroxylation sites is 3. The third-order valence-corrected chi connectivity index (χ3v) is 11.1. The highest BCUT2D eigenvalue weighted by Gasteiger charge is 2.50. The van der Waals surface area contributed by atoms with Crippen LogP contribution in [0.25, 0.3) is 49.7 Å². The molecule has 0 radical (unpaired) electrons. The quantitative estimate of drug-likeness (QED) is 0.207. The van der Waals surface area contributed by atoms with E-state index in [2.05, 4.69) is 173 Å². The Balaban J connectivity index is 1.14. The van der Waals surface area contributed by atoms with Crippen LogP contribution in [0, 0.1) is 0 Å². The van der Waals surface area contributed by atoms with E-state index in [9.17, 15) is 0 Å². The first-order chi connectivity index (χ1) is 23.3. The summed E-state index contributed by atoms with van der Waals surface area (Å²) >= 11 is 0. The number of nitrogens with one attached hydrogen (secondary N) is 2. The molecule has 1 aromatic heterocycles. The predicted octanol–water partition coefficient (Wildman–Crippen LogP) is 9.18. The van der Waals surface area contributed by atoms with Crippen LogP contribution >= 0.6 is 0 Å². The lowest BCUT2D eigenvalue weighted by atomic mass is 9.65. The van der Waals surface area contributed by atoms with Gasteiger partial charge in [-0.15, -0.1) is 0 Å². The van der Waals surface area contributed by atoms with Crippen LogP contribution in [0.5, 0.6) is 0 Å². The summed E-state index contributed by atoms with van der Waals surface area (Å²) in [6.45, 7) is 0. The molecule has 3 nitrogen and oxygen atoms in total. The van der Waals surface area contributed by atoms with E-state index in [0.29, 0.717) is 12.1 Å². The van der Waals surface area contributed by atoms with Gasteiger partial charge < -0.3 is 4.57 Å². The third-order valence-electron chi connectivity index (χ3n) is 11.1. The monoisotopic (exact) mass is 601 g/mol. The van der Waals surface area contributed by atoms with E-state index in [1.807, 2.05) is 0 Å². The van der Waals surface area contributed by atoms with E-state index in [4.69, 9.17) is 0 Å². The number of fused-ring (bicyclic) bond motifs is 13. The van der Waals surface area contributed by atoms with Gasteiger partial charge in [0, 0.05) is 22.9 Å². The lowest BCUT2D eigenvalue weighted by Crippen LogP contribution is -2.33. The van der Waals surface area contributed by atoms with Crippen LogP contribution in [0.2, 0.25) is 0 Å². The summed E-state index contributed by atoms with van der Waals surface area (Å²) in [7, 11) is 0. The molecule has 1 fully saturated rings. The minimum atomic E-state index is -0.433. The Kier molecular flexibility index (Phi) is 5.08. The SMILES string of the molecule is C1=CC2NC(c3ccc(-c4ccc5c(c4)C4(c6ccccc6-5)c5ccccc5-n5c6ccccc6c6cccc4c65)cc3)NC2C=C1. The molecule has 0 bridgehead atoms. The molecule has 6 aromatic carbocycles. The summed E-state index contributed by atoms with van der Waals surface area (Å²) < 4.78 is 2.51. The molecule has 222 valence electrons. The van der Waals surface area contributed by atoms with Crippen LogP contribution < -0.4 is 10.6 Å².